The first-order valence-corrected chi connectivity index (χ1v) is 9.82. The fourth-order valence-electron chi connectivity index (χ4n) is 2.82. The van der Waals surface area contributed by atoms with E-state index < -0.39 is 0 Å². The van der Waals surface area contributed by atoms with Crippen LogP contribution in [0.5, 0.6) is 5.75 Å². The number of amides is 2. The number of anilines is 2. The van der Waals surface area contributed by atoms with Gasteiger partial charge in [-0.3, -0.25) is 14.5 Å². The molecule has 1 aromatic carbocycles. The van der Waals surface area contributed by atoms with Gasteiger partial charge in [-0.2, -0.15) is 0 Å². The monoisotopic (exact) mass is 388 g/mol. The third kappa shape index (κ3) is 3.27. The van der Waals surface area contributed by atoms with Crippen LogP contribution in [0.3, 0.4) is 0 Å². The first-order chi connectivity index (χ1) is 12.6. The van der Waals surface area contributed by atoms with Crippen molar-refractivity contribution >= 4 is 55.0 Å². The molecule has 7 nitrogen and oxygen atoms in total. The Morgan fingerprint density at radius 1 is 1.38 bits per heavy atom. The van der Waals surface area contributed by atoms with Crippen LogP contribution in [0.2, 0.25) is 0 Å². The number of methoxy groups -OCH3 is 1. The Balaban J connectivity index is 1.44. The maximum atomic E-state index is 12.3. The minimum Gasteiger partial charge on any atom is -0.494 e. The van der Waals surface area contributed by atoms with Gasteiger partial charge in [0.05, 0.1) is 23.9 Å². The van der Waals surface area contributed by atoms with Crippen molar-refractivity contribution < 1.29 is 14.3 Å². The molecule has 2 amide bonds. The smallest absolute Gasteiger partial charge is 0.232 e. The molecule has 2 aromatic heterocycles. The molecule has 0 aliphatic carbocycles. The normalized spacial score (nSPS) is 14.2. The molecule has 4 rings (SSSR count). The highest BCUT2D eigenvalue weighted by Crippen LogP contribution is 2.32. The lowest BCUT2D eigenvalue weighted by Crippen LogP contribution is -2.23. The molecule has 1 aliphatic rings. The van der Waals surface area contributed by atoms with Gasteiger partial charge < -0.3 is 10.1 Å². The fraction of sp³-hybridized carbons (Fsp3) is 0.294. The molecule has 0 bridgehead atoms. The number of carbonyl (C=O) groups excluding carboxylic acids is 2. The summed E-state index contributed by atoms with van der Waals surface area (Å²) in [4.78, 5) is 34.6. The number of carbonyl (C=O) groups is 2. The first-order valence-electron chi connectivity index (χ1n) is 8.12. The molecular weight excluding hydrogens is 372 g/mol. The van der Waals surface area contributed by atoms with Crippen LogP contribution in [0.15, 0.2) is 23.6 Å². The Kier molecular flexibility index (Phi) is 4.56. The summed E-state index contributed by atoms with van der Waals surface area (Å²) >= 11 is 2.79. The highest BCUT2D eigenvalue weighted by molar-refractivity contribution is 7.22. The number of hydrogen-bond donors (Lipinski definition) is 1. The number of ether oxygens (including phenoxy) is 1. The molecule has 1 aliphatic heterocycles. The summed E-state index contributed by atoms with van der Waals surface area (Å²) in [5.41, 5.74) is 1.39. The number of rotatable bonds is 5. The number of nitrogens with zero attached hydrogens (tertiary/aromatic N) is 3. The molecule has 3 heterocycles. The molecule has 1 fully saturated rings. The minimum atomic E-state index is -0.187. The summed E-state index contributed by atoms with van der Waals surface area (Å²) < 4.78 is 6.24. The van der Waals surface area contributed by atoms with Crippen LogP contribution in [0.4, 0.5) is 10.3 Å². The van der Waals surface area contributed by atoms with E-state index in [0.717, 1.165) is 16.6 Å². The lowest BCUT2D eigenvalue weighted by atomic mass is 10.3. The Hall–Kier alpha value is -2.52. The molecule has 26 heavy (non-hydrogen) atoms. The van der Waals surface area contributed by atoms with Gasteiger partial charge in [0.2, 0.25) is 11.8 Å². The first kappa shape index (κ1) is 16.9. The molecule has 0 saturated carbocycles. The van der Waals surface area contributed by atoms with E-state index in [0.29, 0.717) is 34.7 Å². The van der Waals surface area contributed by atoms with Gasteiger partial charge in [0.25, 0.3) is 0 Å². The molecule has 0 atom stereocenters. The quantitative estimate of drug-likeness (QED) is 0.726. The standard InChI is InChI=1S/C17H16N4O3S2/c1-24-11-4-2-5-12-15(11)20-16(26-12)19-13(22)8-10-9-25-17(18-10)21-7-3-6-14(21)23/h2,4-5,9H,3,6-8H2,1H3,(H,19,20,22). The third-order valence-corrected chi connectivity index (χ3v) is 5.88. The summed E-state index contributed by atoms with van der Waals surface area (Å²) in [6, 6.07) is 5.66. The molecule has 0 spiro atoms. The minimum absolute atomic E-state index is 0.0961. The predicted octanol–water partition coefficient (Wildman–Crippen LogP) is 3.07. The van der Waals surface area contributed by atoms with Crippen molar-refractivity contribution in [3.63, 3.8) is 0 Å². The molecular formula is C17H16N4O3S2. The summed E-state index contributed by atoms with van der Waals surface area (Å²) in [7, 11) is 1.59. The van der Waals surface area contributed by atoms with Crippen molar-refractivity contribution in [2.45, 2.75) is 19.3 Å². The molecule has 0 unspecified atom stereocenters. The highest BCUT2D eigenvalue weighted by Gasteiger charge is 2.24. The van der Waals surface area contributed by atoms with E-state index >= 15 is 0 Å². The second-order valence-electron chi connectivity index (χ2n) is 5.82. The van der Waals surface area contributed by atoms with Crippen molar-refractivity contribution in [3.8, 4) is 5.75 Å². The number of benzene rings is 1. The summed E-state index contributed by atoms with van der Waals surface area (Å²) in [5, 5.41) is 5.83. The van der Waals surface area contributed by atoms with Crippen LogP contribution >= 0.6 is 22.7 Å². The SMILES string of the molecule is COc1cccc2sc(NC(=O)Cc3csc(N4CCCC4=O)n3)nc12. The Bertz CT molecular complexity index is 981. The Labute approximate surface area is 157 Å². The molecule has 9 heteroatoms. The van der Waals surface area contributed by atoms with E-state index in [1.54, 1.807) is 12.0 Å². The zero-order chi connectivity index (χ0) is 18.1. The Morgan fingerprint density at radius 3 is 3.04 bits per heavy atom. The van der Waals surface area contributed by atoms with Crippen LogP contribution in [0.1, 0.15) is 18.5 Å². The van der Waals surface area contributed by atoms with Crippen molar-refractivity contribution in [1.82, 2.24) is 9.97 Å². The van der Waals surface area contributed by atoms with Crippen molar-refractivity contribution in [1.29, 1.82) is 0 Å². The van der Waals surface area contributed by atoms with E-state index in [1.165, 1.54) is 22.7 Å². The average Bonchev–Trinajstić information content (AvgIpc) is 3.33. The average molecular weight is 388 g/mol. The van der Waals surface area contributed by atoms with Crippen molar-refractivity contribution in [2.24, 2.45) is 0 Å². The predicted molar refractivity (Wildman–Crippen MR) is 102 cm³/mol. The number of nitrogens with one attached hydrogen (secondary N) is 1. The highest BCUT2D eigenvalue weighted by atomic mass is 32.1. The van der Waals surface area contributed by atoms with Gasteiger partial charge in [0.15, 0.2) is 10.3 Å². The molecule has 3 aromatic rings. The van der Waals surface area contributed by atoms with E-state index in [9.17, 15) is 9.59 Å². The molecule has 0 radical (unpaired) electrons. The van der Waals surface area contributed by atoms with Gasteiger partial charge in [-0.25, -0.2) is 9.97 Å². The van der Waals surface area contributed by atoms with Crippen molar-refractivity contribution in [3.05, 3.63) is 29.3 Å². The van der Waals surface area contributed by atoms with E-state index in [2.05, 4.69) is 15.3 Å². The number of aromatic nitrogens is 2. The zero-order valence-electron chi connectivity index (χ0n) is 14.0. The van der Waals surface area contributed by atoms with Gasteiger partial charge in [-0.15, -0.1) is 11.3 Å². The Morgan fingerprint density at radius 2 is 2.27 bits per heavy atom. The summed E-state index contributed by atoms with van der Waals surface area (Å²) in [5.74, 6) is 0.588. The van der Waals surface area contributed by atoms with E-state index in [1.807, 2.05) is 23.6 Å². The number of fused-ring (bicyclic) bond motifs is 1. The largest absolute Gasteiger partial charge is 0.494 e. The maximum Gasteiger partial charge on any atom is 0.232 e. The van der Waals surface area contributed by atoms with Crippen LogP contribution in [-0.2, 0) is 16.0 Å². The topological polar surface area (TPSA) is 84.4 Å². The van der Waals surface area contributed by atoms with Gasteiger partial charge in [0.1, 0.15) is 11.3 Å². The second kappa shape index (κ2) is 7.00. The van der Waals surface area contributed by atoms with E-state index in [-0.39, 0.29) is 18.2 Å². The number of hydrogen-bond acceptors (Lipinski definition) is 7. The summed E-state index contributed by atoms with van der Waals surface area (Å²) in [6.45, 7) is 0.700. The molecule has 1 N–H and O–H groups in total. The van der Waals surface area contributed by atoms with Crippen LogP contribution in [0.25, 0.3) is 10.2 Å². The molecule has 1 saturated heterocycles. The van der Waals surface area contributed by atoms with Gasteiger partial charge >= 0.3 is 0 Å². The number of para-hydroxylation sites is 1. The third-order valence-electron chi connectivity index (χ3n) is 4.03. The van der Waals surface area contributed by atoms with Crippen LogP contribution in [-0.4, -0.2) is 35.4 Å². The van der Waals surface area contributed by atoms with Gasteiger partial charge in [0, 0.05) is 18.3 Å². The zero-order valence-corrected chi connectivity index (χ0v) is 15.7. The van der Waals surface area contributed by atoms with Gasteiger partial charge in [-0.1, -0.05) is 17.4 Å². The molecule has 134 valence electrons. The van der Waals surface area contributed by atoms with Crippen LogP contribution in [0, 0.1) is 0 Å². The summed E-state index contributed by atoms with van der Waals surface area (Å²) in [6.07, 6.45) is 1.57. The van der Waals surface area contributed by atoms with E-state index in [4.69, 9.17) is 4.74 Å². The van der Waals surface area contributed by atoms with Gasteiger partial charge in [-0.05, 0) is 18.6 Å². The number of thiazole rings is 2. The fourth-order valence-corrected chi connectivity index (χ4v) is 4.59. The van der Waals surface area contributed by atoms with Crippen LogP contribution < -0.4 is 15.0 Å². The lowest BCUT2D eigenvalue weighted by molar-refractivity contribution is -0.117. The van der Waals surface area contributed by atoms with Crippen molar-refractivity contribution in [2.75, 3.05) is 23.9 Å². The lowest BCUT2D eigenvalue weighted by Gasteiger charge is -2.10. The second-order valence-corrected chi connectivity index (χ2v) is 7.69. The maximum absolute atomic E-state index is 12.3.